The van der Waals surface area contributed by atoms with Gasteiger partial charge in [0.15, 0.2) is 5.76 Å². The summed E-state index contributed by atoms with van der Waals surface area (Å²) in [6, 6.07) is 22.8. The van der Waals surface area contributed by atoms with Crippen LogP contribution < -0.4 is 10.0 Å². The van der Waals surface area contributed by atoms with Crippen molar-refractivity contribution in [2.24, 2.45) is 5.73 Å². The number of hydrogen-bond acceptors (Lipinski definition) is 6. The van der Waals surface area contributed by atoms with Gasteiger partial charge in [-0.1, -0.05) is 48.5 Å². The zero-order valence-electron chi connectivity index (χ0n) is 18.3. The number of aromatic hydroxyl groups is 1. The molecule has 7 nitrogen and oxygen atoms in total. The Bertz CT molecular complexity index is 1530. The molecule has 2 aliphatic heterocycles. The molecule has 0 bridgehead atoms. The van der Waals surface area contributed by atoms with Gasteiger partial charge in [0.2, 0.25) is 5.88 Å². The monoisotopic (exact) mass is 471 g/mol. The Kier molecular flexibility index (Phi) is 5.07. The predicted octanol–water partition coefficient (Wildman–Crippen LogP) is 4.23. The first-order valence-electron chi connectivity index (χ1n) is 10.6. The van der Waals surface area contributed by atoms with Gasteiger partial charge >= 0.3 is 0 Å². The first kappa shape index (κ1) is 21.6. The second kappa shape index (κ2) is 7.97. The number of nitrogens with zero attached hydrogens (tertiary/aromatic N) is 2. The van der Waals surface area contributed by atoms with Gasteiger partial charge in [0.1, 0.15) is 22.3 Å². The average molecular weight is 472 g/mol. The second-order valence-electron chi connectivity index (χ2n) is 8.17. The van der Waals surface area contributed by atoms with Crippen LogP contribution in [-0.4, -0.2) is 13.5 Å². The van der Waals surface area contributed by atoms with Crippen molar-refractivity contribution in [1.82, 2.24) is 0 Å². The van der Waals surface area contributed by atoms with Crippen LogP contribution in [0.15, 0.2) is 89.2 Å². The average Bonchev–Trinajstić information content (AvgIpc) is 2.82. The molecule has 2 heterocycles. The first-order valence-corrected chi connectivity index (χ1v) is 12.0. The summed E-state index contributed by atoms with van der Waals surface area (Å²) >= 11 is 0. The molecule has 3 aromatic rings. The van der Waals surface area contributed by atoms with E-state index < -0.39 is 15.9 Å². The van der Waals surface area contributed by atoms with Crippen molar-refractivity contribution in [3.05, 3.63) is 111 Å². The van der Waals surface area contributed by atoms with Crippen LogP contribution in [-0.2, 0) is 21.3 Å². The summed E-state index contributed by atoms with van der Waals surface area (Å²) in [5.41, 5.74) is 9.35. The number of anilines is 1. The number of benzene rings is 3. The molecule has 0 aromatic heterocycles. The summed E-state index contributed by atoms with van der Waals surface area (Å²) in [6.45, 7) is 2.04. The second-order valence-corrected chi connectivity index (χ2v) is 10.00. The summed E-state index contributed by atoms with van der Waals surface area (Å²) in [5.74, 6) is -1.14. The molecule has 1 atom stereocenters. The molecule has 0 saturated carbocycles. The quantitative estimate of drug-likeness (QED) is 0.591. The van der Waals surface area contributed by atoms with Crippen LogP contribution in [0, 0.1) is 18.3 Å². The van der Waals surface area contributed by atoms with E-state index in [2.05, 4.69) is 0 Å². The van der Waals surface area contributed by atoms with Crippen molar-refractivity contribution in [1.29, 1.82) is 5.26 Å². The van der Waals surface area contributed by atoms with Crippen molar-refractivity contribution in [3.63, 3.8) is 0 Å². The van der Waals surface area contributed by atoms with Crippen molar-refractivity contribution < 1.29 is 18.3 Å². The standard InChI is InChI=1S/C26H21N3O4S/c1-16-7-2-3-8-18(16)15-29-22-12-5-4-11-20(22)24-25(34(29,31)32)23(21(14-27)26(28)33-24)17-9-6-10-19(30)13-17/h2-13,23,30H,15,28H2,1H3/t23-/m1/s1. The molecular formula is C26H21N3O4S. The van der Waals surface area contributed by atoms with Crippen molar-refractivity contribution in [2.45, 2.75) is 19.4 Å². The number of rotatable bonds is 3. The minimum absolute atomic E-state index is 0.0249. The van der Waals surface area contributed by atoms with Gasteiger partial charge < -0.3 is 15.6 Å². The van der Waals surface area contributed by atoms with E-state index >= 15 is 0 Å². The molecule has 0 unspecified atom stereocenters. The summed E-state index contributed by atoms with van der Waals surface area (Å²) in [4.78, 5) is -0.0730. The number of phenols is 1. The number of para-hydroxylation sites is 1. The lowest BCUT2D eigenvalue weighted by atomic mass is 9.88. The van der Waals surface area contributed by atoms with Crippen LogP contribution in [0.25, 0.3) is 5.76 Å². The SMILES string of the molecule is Cc1ccccc1CN1c2ccccc2C2=C([C@H](c3cccc(O)c3)C(C#N)=C(N)O2)S1(=O)=O. The van der Waals surface area contributed by atoms with Gasteiger partial charge in [-0.3, -0.25) is 4.31 Å². The van der Waals surface area contributed by atoms with Gasteiger partial charge in [0.05, 0.1) is 18.2 Å². The van der Waals surface area contributed by atoms with E-state index in [0.29, 0.717) is 16.8 Å². The Hall–Kier alpha value is -4.22. The number of sulfonamides is 1. The van der Waals surface area contributed by atoms with Gasteiger partial charge in [-0.25, -0.2) is 8.42 Å². The number of allylic oxidation sites excluding steroid dienone is 2. The minimum Gasteiger partial charge on any atom is -0.508 e. The fourth-order valence-electron chi connectivity index (χ4n) is 4.46. The van der Waals surface area contributed by atoms with Gasteiger partial charge in [0.25, 0.3) is 10.0 Å². The largest absolute Gasteiger partial charge is 0.508 e. The highest BCUT2D eigenvalue weighted by Gasteiger charge is 2.47. The normalized spacial score (nSPS) is 18.6. The number of ether oxygens (including phenoxy) is 1. The maximum Gasteiger partial charge on any atom is 0.265 e. The number of aryl methyl sites for hydroxylation is 1. The minimum atomic E-state index is -4.16. The lowest BCUT2D eigenvalue weighted by Crippen LogP contribution is -2.39. The number of nitrogens with two attached hydrogens (primary N) is 1. The molecule has 0 saturated heterocycles. The van der Waals surface area contributed by atoms with Crippen LogP contribution >= 0.6 is 0 Å². The van der Waals surface area contributed by atoms with E-state index in [1.807, 2.05) is 37.3 Å². The zero-order valence-corrected chi connectivity index (χ0v) is 19.1. The van der Waals surface area contributed by atoms with Gasteiger partial charge in [-0.15, -0.1) is 0 Å². The molecule has 0 fully saturated rings. The summed E-state index contributed by atoms with van der Waals surface area (Å²) in [5, 5.41) is 20.0. The van der Waals surface area contributed by atoms with Crippen LogP contribution in [0.3, 0.4) is 0 Å². The van der Waals surface area contributed by atoms with Crippen molar-refractivity contribution in [2.75, 3.05) is 4.31 Å². The maximum atomic E-state index is 14.2. The first-order chi connectivity index (χ1) is 16.3. The summed E-state index contributed by atoms with van der Waals surface area (Å²) in [7, 11) is -4.16. The number of fused-ring (bicyclic) bond motifs is 2. The topological polar surface area (TPSA) is 117 Å². The molecule has 5 rings (SSSR count). The Labute approximate surface area is 197 Å². The third-order valence-corrected chi connectivity index (χ3v) is 8.02. The van der Waals surface area contributed by atoms with Crippen LogP contribution in [0.5, 0.6) is 5.75 Å². The molecular weight excluding hydrogens is 450 g/mol. The molecule has 0 spiro atoms. The molecule has 3 aromatic carbocycles. The van der Waals surface area contributed by atoms with E-state index in [9.17, 15) is 18.8 Å². The highest BCUT2D eigenvalue weighted by Crippen LogP contribution is 2.51. The number of hydrogen-bond donors (Lipinski definition) is 2. The number of nitriles is 1. The Balaban J connectivity index is 1.78. The highest BCUT2D eigenvalue weighted by molar-refractivity contribution is 7.96. The highest BCUT2D eigenvalue weighted by atomic mass is 32.2. The van der Waals surface area contributed by atoms with E-state index in [4.69, 9.17) is 10.5 Å². The van der Waals surface area contributed by atoms with Gasteiger partial charge in [-0.05, 0) is 47.9 Å². The Morgan fingerprint density at radius 2 is 1.82 bits per heavy atom. The third-order valence-electron chi connectivity index (χ3n) is 6.14. The van der Waals surface area contributed by atoms with Crippen LogP contribution in [0.2, 0.25) is 0 Å². The smallest absolute Gasteiger partial charge is 0.265 e. The lowest BCUT2D eigenvalue weighted by Gasteiger charge is -2.38. The van der Waals surface area contributed by atoms with E-state index in [1.54, 1.807) is 36.4 Å². The Morgan fingerprint density at radius 1 is 1.09 bits per heavy atom. The molecule has 170 valence electrons. The van der Waals surface area contributed by atoms with Gasteiger partial charge in [-0.2, -0.15) is 5.26 Å². The molecule has 3 N–H and O–H groups in total. The number of phenolic OH excluding ortho intramolecular Hbond substituents is 1. The van der Waals surface area contributed by atoms with Crippen molar-refractivity contribution in [3.8, 4) is 11.8 Å². The summed E-state index contributed by atoms with van der Waals surface area (Å²) < 4.78 is 35.6. The fraction of sp³-hybridized carbons (Fsp3) is 0.115. The van der Waals surface area contributed by atoms with E-state index in [0.717, 1.165) is 11.1 Å². The van der Waals surface area contributed by atoms with E-state index in [-0.39, 0.29) is 34.4 Å². The molecule has 8 heteroatoms. The van der Waals surface area contributed by atoms with Gasteiger partial charge in [0, 0.05) is 5.56 Å². The fourth-order valence-corrected chi connectivity index (χ4v) is 6.36. The molecule has 0 amide bonds. The molecule has 0 radical (unpaired) electrons. The third kappa shape index (κ3) is 3.29. The zero-order chi connectivity index (χ0) is 24.0. The maximum absolute atomic E-state index is 14.2. The molecule has 34 heavy (non-hydrogen) atoms. The van der Waals surface area contributed by atoms with Crippen LogP contribution in [0.4, 0.5) is 5.69 Å². The lowest BCUT2D eigenvalue weighted by molar-refractivity contribution is 0.357. The van der Waals surface area contributed by atoms with E-state index in [1.165, 1.54) is 16.4 Å². The van der Waals surface area contributed by atoms with Crippen LogP contribution in [0.1, 0.15) is 28.2 Å². The molecule has 0 aliphatic carbocycles. The summed E-state index contributed by atoms with van der Waals surface area (Å²) in [6.07, 6.45) is 0. The Morgan fingerprint density at radius 3 is 2.56 bits per heavy atom. The predicted molar refractivity (Wildman–Crippen MR) is 128 cm³/mol. The van der Waals surface area contributed by atoms with Crippen molar-refractivity contribution >= 4 is 21.5 Å². The molecule has 2 aliphatic rings.